The molecule has 2 aromatic rings. The highest BCUT2D eigenvalue weighted by Crippen LogP contribution is 2.16. The fourth-order valence-corrected chi connectivity index (χ4v) is 1.39. The first-order valence-corrected chi connectivity index (χ1v) is 4.64. The summed E-state index contributed by atoms with van der Waals surface area (Å²) >= 11 is 0. The van der Waals surface area contributed by atoms with Crippen LogP contribution in [0.15, 0.2) is 48.8 Å². The zero-order chi connectivity index (χ0) is 10.7. The number of halogens is 1. The van der Waals surface area contributed by atoms with Crippen LogP contribution in [0.4, 0.5) is 0 Å². The van der Waals surface area contributed by atoms with E-state index in [1.54, 1.807) is 24.5 Å². The monoisotopic (exact) mass is 235 g/mol. The topological polar surface area (TPSA) is 53.4 Å². The summed E-state index contributed by atoms with van der Waals surface area (Å²) in [6.07, 6.45) is 3.45. The summed E-state index contributed by atoms with van der Waals surface area (Å²) in [5.74, 6) is 0. The van der Waals surface area contributed by atoms with Crippen molar-refractivity contribution in [3.8, 4) is 11.1 Å². The molecular formula is C11H11BClNO2. The number of nitrogens with zero attached hydrogens (tertiary/aromatic N) is 1. The highest BCUT2D eigenvalue weighted by molar-refractivity contribution is 6.58. The van der Waals surface area contributed by atoms with E-state index in [2.05, 4.69) is 4.98 Å². The van der Waals surface area contributed by atoms with Gasteiger partial charge in [0.05, 0.1) is 0 Å². The molecule has 0 atom stereocenters. The van der Waals surface area contributed by atoms with Gasteiger partial charge in [-0.3, -0.25) is 4.98 Å². The van der Waals surface area contributed by atoms with E-state index in [0.717, 1.165) is 11.1 Å². The molecule has 0 unspecified atom stereocenters. The predicted molar refractivity (Wildman–Crippen MR) is 66.7 cm³/mol. The third-order valence-corrected chi connectivity index (χ3v) is 2.22. The summed E-state index contributed by atoms with van der Waals surface area (Å²) < 4.78 is 0. The fraction of sp³-hybridized carbons (Fsp3) is 0. The van der Waals surface area contributed by atoms with Crippen molar-refractivity contribution in [3.63, 3.8) is 0 Å². The van der Waals surface area contributed by atoms with Crippen LogP contribution in [0.3, 0.4) is 0 Å². The Bertz CT molecular complexity index is 433. The normalized spacial score (nSPS) is 9.38. The Morgan fingerprint density at radius 2 is 1.31 bits per heavy atom. The Morgan fingerprint density at radius 3 is 1.81 bits per heavy atom. The lowest BCUT2D eigenvalue weighted by Crippen LogP contribution is -2.29. The molecule has 2 rings (SSSR count). The largest absolute Gasteiger partial charge is 0.488 e. The summed E-state index contributed by atoms with van der Waals surface area (Å²) in [4.78, 5) is 3.94. The van der Waals surface area contributed by atoms with Crippen LogP contribution in [0, 0.1) is 0 Å². The van der Waals surface area contributed by atoms with E-state index < -0.39 is 7.12 Å². The van der Waals surface area contributed by atoms with Gasteiger partial charge in [0.1, 0.15) is 0 Å². The average Bonchev–Trinajstić information content (AvgIpc) is 2.30. The van der Waals surface area contributed by atoms with Crippen LogP contribution in [-0.4, -0.2) is 22.2 Å². The molecule has 0 bridgehead atoms. The Labute approximate surface area is 100 Å². The van der Waals surface area contributed by atoms with Gasteiger partial charge >= 0.3 is 7.12 Å². The van der Waals surface area contributed by atoms with Crippen molar-refractivity contribution in [3.05, 3.63) is 48.8 Å². The smallest absolute Gasteiger partial charge is 0.423 e. The molecule has 0 amide bonds. The molecular weight excluding hydrogens is 224 g/mol. The summed E-state index contributed by atoms with van der Waals surface area (Å²) in [7, 11) is -1.41. The number of hydrogen-bond donors (Lipinski definition) is 2. The molecule has 0 radical (unpaired) electrons. The van der Waals surface area contributed by atoms with Gasteiger partial charge in [-0.15, -0.1) is 12.4 Å². The number of hydrogen-bond acceptors (Lipinski definition) is 3. The van der Waals surface area contributed by atoms with E-state index in [1.807, 2.05) is 24.3 Å². The minimum Gasteiger partial charge on any atom is -0.423 e. The molecule has 0 saturated heterocycles. The number of aromatic nitrogens is 1. The molecule has 1 aromatic heterocycles. The molecule has 0 aliphatic rings. The molecule has 82 valence electrons. The number of pyridine rings is 1. The summed E-state index contributed by atoms with van der Waals surface area (Å²) in [5.41, 5.74) is 2.58. The van der Waals surface area contributed by atoms with Gasteiger partial charge in [0.15, 0.2) is 0 Å². The van der Waals surface area contributed by atoms with Crippen LogP contribution in [0.1, 0.15) is 0 Å². The molecule has 5 heteroatoms. The van der Waals surface area contributed by atoms with Crippen LogP contribution in [0.25, 0.3) is 11.1 Å². The summed E-state index contributed by atoms with van der Waals surface area (Å²) in [5, 5.41) is 17.9. The van der Waals surface area contributed by atoms with Gasteiger partial charge in [-0.1, -0.05) is 24.3 Å². The van der Waals surface area contributed by atoms with Crippen molar-refractivity contribution in [2.24, 2.45) is 0 Å². The Hall–Kier alpha value is -1.36. The molecule has 1 heterocycles. The third-order valence-electron chi connectivity index (χ3n) is 2.22. The molecule has 1 aromatic carbocycles. The van der Waals surface area contributed by atoms with Crippen LogP contribution >= 0.6 is 12.4 Å². The van der Waals surface area contributed by atoms with E-state index >= 15 is 0 Å². The predicted octanol–water partition coefficient (Wildman–Crippen LogP) is 0.850. The summed E-state index contributed by atoms with van der Waals surface area (Å²) in [6, 6.07) is 10.9. The van der Waals surface area contributed by atoms with Crippen molar-refractivity contribution < 1.29 is 10.0 Å². The first-order valence-electron chi connectivity index (χ1n) is 4.64. The van der Waals surface area contributed by atoms with Gasteiger partial charge in [-0.25, -0.2) is 0 Å². The maximum atomic E-state index is 8.93. The zero-order valence-electron chi connectivity index (χ0n) is 8.45. The van der Waals surface area contributed by atoms with Crippen molar-refractivity contribution in [2.45, 2.75) is 0 Å². The lowest BCUT2D eigenvalue weighted by atomic mass is 9.80. The zero-order valence-corrected chi connectivity index (χ0v) is 9.26. The third kappa shape index (κ3) is 2.82. The maximum absolute atomic E-state index is 8.93. The molecule has 0 fully saturated rings. The molecule has 16 heavy (non-hydrogen) atoms. The molecule has 0 saturated carbocycles. The number of rotatable bonds is 2. The van der Waals surface area contributed by atoms with Crippen molar-refractivity contribution in [1.82, 2.24) is 4.98 Å². The highest BCUT2D eigenvalue weighted by atomic mass is 35.5. The fourth-order valence-electron chi connectivity index (χ4n) is 1.39. The first-order chi connectivity index (χ1) is 7.27. The highest BCUT2D eigenvalue weighted by Gasteiger charge is 2.09. The van der Waals surface area contributed by atoms with E-state index in [-0.39, 0.29) is 12.4 Å². The van der Waals surface area contributed by atoms with Gasteiger partial charge in [0, 0.05) is 12.4 Å². The second-order valence-corrected chi connectivity index (χ2v) is 3.23. The van der Waals surface area contributed by atoms with Crippen LogP contribution in [0.2, 0.25) is 0 Å². The minimum atomic E-state index is -1.41. The van der Waals surface area contributed by atoms with Crippen molar-refractivity contribution in [2.75, 3.05) is 0 Å². The Kier molecular flexibility index (Phi) is 4.49. The van der Waals surface area contributed by atoms with Crippen LogP contribution < -0.4 is 5.46 Å². The van der Waals surface area contributed by atoms with Gasteiger partial charge in [0.25, 0.3) is 0 Å². The van der Waals surface area contributed by atoms with E-state index in [4.69, 9.17) is 10.0 Å². The van der Waals surface area contributed by atoms with Gasteiger partial charge in [0.2, 0.25) is 0 Å². The molecule has 0 aliphatic heterocycles. The molecule has 0 spiro atoms. The van der Waals surface area contributed by atoms with Gasteiger partial charge in [-0.05, 0) is 28.7 Å². The van der Waals surface area contributed by atoms with Crippen LogP contribution in [-0.2, 0) is 0 Å². The maximum Gasteiger partial charge on any atom is 0.488 e. The lowest BCUT2D eigenvalue weighted by Gasteiger charge is -2.03. The molecule has 2 N–H and O–H groups in total. The van der Waals surface area contributed by atoms with Gasteiger partial charge < -0.3 is 10.0 Å². The second kappa shape index (κ2) is 5.65. The van der Waals surface area contributed by atoms with Crippen molar-refractivity contribution >= 4 is 25.0 Å². The van der Waals surface area contributed by atoms with Gasteiger partial charge in [-0.2, -0.15) is 0 Å². The van der Waals surface area contributed by atoms with Crippen LogP contribution in [0.5, 0.6) is 0 Å². The lowest BCUT2D eigenvalue weighted by molar-refractivity contribution is 0.426. The Morgan fingerprint density at radius 1 is 0.812 bits per heavy atom. The SMILES string of the molecule is Cl.OB(O)c1ccc(-c2ccncc2)cc1. The standard InChI is InChI=1S/C11H10BNO2.ClH/c14-12(15)11-3-1-9(2-4-11)10-5-7-13-8-6-10;/h1-8,14-15H;1H. The Balaban J connectivity index is 0.00000128. The van der Waals surface area contributed by atoms with E-state index in [9.17, 15) is 0 Å². The second-order valence-electron chi connectivity index (χ2n) is 3.23. The summed E-state index contributed by atoms with van der Waals surface area (Å²) in [6.45, 7) is 0. The molecule has 3 nitrogen and oxygen atoms in total. The first kappa shape index (κ1) is 12.7. The quantitative estimate of drug-likeness (QED) is 0.759. The van der Waals surface area contributed by atoms with E-state index in [0.29, 0.717) is 5.46 Å². The minimum absolute atomic E-state index is 0. The average molecular weight is 235 g/mol. The molecule has 0 aliphatic carbocycles. The van der Waals surface area contributed by atoms with Crippen molar-refractivity contribution in [1.29, 1.82) is 0 Å². The number of benzene rings is 1. The van der Waals surface area contributed by atoms with E-state index in [1.165, 1.54) is 0 Å².